The highest BCUT2D eigenvalue weighted by molar-refractivity contribution is 5.89. The van der Waals surface area contributed by atoms with Crippen LogP contribution in [0.25, 0.3) is 0 Å². The lowest BCUT2D eigenvalue weighted by Crippen LogP contribution is -2.23. The van der Waals surface area contributed by atoms with E-state index < -0.39 is 0 Å². The molecular formula is C23H30O3. The topological polar surface area (TPSA) is 35.5 Å². The second kappa shape index (κ2) is 7.30. The average molecular weight is 354 g/mol. The van der Waals surface area contributed by atoms with Crippen LogP contribution in [-0.4, -0.2) is 19.2 Å². The summed E-state index contributed by atoms with van der Waals surface area (Å²) in [6.07, 6.45) is 7.62. The summed E-state index contributed by atoms with van der Waals surface area (Å²) in [5.41, 5.74) is 3.51. The van der Waals surface area contributed by atoms with Gasteiger partial charge in [-0.2, -0.15) is 0 Å². The fraction of sp³-hybridized carbons (Fsp3) is 0.522. The average Bonchev–Trinajstić information content (AvgIpc) is 3.14. The predicted molar refractivity (Wildman–Crippen MR) is 104 cm³/mol. The summed E-state index contributed by atoms with van der Waals surface area (Å²) < 4.78 is 11.2. The predicted octanol–water partition coefficient (Wildman–Crippen LogP) is 5.57. The molecule has 0 aromatic heterocycles. The number of carbonyl (C=O) groups is 1. The van der Waals surface area contributed by atoms with Crippen molar-refractivity contribution in [2.24, 2.45) is 17.3 Å². The smallest absolute Gasteiger partial charge is 0.338 e. The highest BCUT2D eigenvalue weighted by Gasteiger charge is 2.60. The lowest BCUT2D eigenvalue weighted by molar-refractivity contribution is 0.0214. The number of rotatable bonds is 3. The first kappa shape index (κ1) is 18.8. The van der Waals surface area contributed by atoms with Crippen LogP contribution in [0.15, 0.2) is 47.6 Å². The summed E-state index contributed by atoms with van der Waals surface area (Å²) in [6, 6.07) is 7.13. The van der Waals surface area contributed by atoms with Crippen molar-refractivity contribution in [3.8, 4) is 5.75 Å². The van der Waals surface area contributed by atoms with E-state index in [9.17, 15) is 4.79 Å². The van der Waals surface area contributed by atoms with Crippen LogP contribution >= 0.6 is 0 Å². The molecule has 1 aromatic rings. The Kier molecular flexibility index (Phi) is 5.27. The van der Waals surface area contributed by atoms with Crippen LogP contribution in [0.4, 0.5) is 0 Å². The molecule has 140 valence electrons. The fourth-order valence-corrected chi connectivity index (χ4v) is 4.26. The second-order valence-corrected chi connectivity index (χ2v) is 8.35. The van der Waals surface area contributed by atoms with Gasteiger partial charge in [0.05, 0.1) is 12.7 Å². The van der Waals surface area contributed by atoms with Crippen molar-refractivity contribution in [1.29, 1.82) is 0 Å². The quantitative estimate of drug-likeness (QED) is 0.526. The fourth-order valence-electron chi connectivity index (χ4n) is 4.26. The minimum Gasteiger partial charge on any atom is -0.497 e. The molecule has 1 fully saturated rings. The van der Waals surface area contributed by atoms with Gasteiger partial charge < -0.3 is 9.47 Å². The number of hydrogen-bond acceptors (Lipinski definition) is 3. The standard InChI is InChI=1S/C23H30O3/c1-15-7-6-8-16(2)14-20(21-19(13-15)23(21,3)4)26-22(24)17-9-11-18(25-5)12-10-17/h8-13,19-21H,6-7,14H2,1-5H3/b15-13+,16-8-/t19-,20-,21-/m0/s1. The normalized spacial score (nSPS) is 31.5. The maximum Gasteiger partial charge on any atom is 0.338 e. The molecule has 0 aliphatic heterocycles. The Morgan fingerprint density at radius 3 is 2.46 bits per heavy atom. The summed E-state index contributed by atoms with van der Waals surface area (Å²) in [7, 11) is 1.62. The third-order valence-electron chi connectivity index (χ3n) is 6.00. The van der Waals surface area contributed by atoms with E-state index in [1.165, 1.54) is 11.1 Å². The minimum absolute atomic E-state index is 0.0806. The zero-order chi connectivity index (χ0) is 18.9. The zero-order valence-electron chi connectivity index (χ0n) is 16.5. The summed E-state index contributed by atoms with van der Waals surface area (Å²) in [5.74, 6) is 1.36. The van der Waals surface area contributed by atoms with Crippen molar-refractivity contribution in [3.05, 3.63) is 53.1 Å². The van der Waals surface area contributed by atoms with Crippen LogP contribution < -0.4 is 4.74 Å². The molecular weight excluding hydrogens is 324 g/mol. The molecule has 0 amide bonds. The van der Waals surface area contributed by atoms with E-state index in [4.69, 9.17) is 9.47 Å². The number of ether oxygens (including phenoxy) is 2. The van der Waals surface area contributed by atoms with E-state index in [1.54, 1.807) is 31.4 Å². The Bertz CT molecular complexity index is 724. The van der Waals surface area contributed by atoms with E-state index in [0.717, 1.165) is 25.0 Å². The summed E-state index contributed by atoms with van der Waals surface area (Å²) in [4.78, 5) is 12.7. The van der Waals surface area contributed by atoms with Crippen molar-refractivity contribution in [2.75, 3.05) is 7.11 Å². The summed E-state index contributed by atoms with van der Waals surface area (Å²) in [5, 5.41) is 0. The number of esters is 1. The SMILES string of the molecule is COc1ccc(C(=O)O[C@H]2C/C(C)=C\CC/C(C)=C/[C@H]3[C@@H]2C3(C)C)cc1. The molecule has 0 radical (unpaired) electrons. The molecule has 0 N–H and O–H groups in total. The number of benzene rings is 1. The number of allylic oxidation sites excluding steroid dienone is 3. The van der Waals surface area contributed by atoms with Gasteiger partial charge >= 0.3 is 5.97 Å². The van der Waals surface area contributed by atoms with Crippen LogP contribution in [0.2, 0.25) is 0 Å². The zero-order valence-corrected chi connectivity index (χ0v) is 16.5. The third kappa shape index (κ3) is 3.87. The molecule has 0 unspecified atom stereocenters. The number of methoxy groups -OCH3 is 1. The lowest BCUT2D eigenvalue weighted by Gasteiger charge is -2.21. The van der Waals surface area contributed by atoms with Crippen LogP contribution in [-0.2, 0) is 4.74 Å². The van der Waals surface area contributed by atoms with Gasteiger partial charge in [0, 0.05) is 12.3 Å². The van der Waals surface area contributed by atoms with Crippen molar-refractivity contribution in [2.45, 2.75) is 53.1 Å². The Morgan fingerprint density at radius 1 is 1.12 bits per heavy atom. The maximum absolute atomic E-state index is 12.7. The van der Waals surface area contributed by atoms with Crippen molar-refractivity contribution >= 4 is 5.97 Å². The van der Waals surface area contributed by atoms with Crippen molar-refractivity contribution < 1.29 is 14.3 Å². The first-order chi connectivity index (χ1) is 12.3. The molecule has 3 heteroatoms. The molecule has 0 saturated heterocycles. The van der Waals surface area contributed by atoms with Gasteiger partial charge in [-0.3, -0.25) is 0 Å². The van der Waals surface area contributed by atoms with Crippen LogP contribution in [0.3, 0.4) is 0 Å². The van der Waals surface area contributed by atoms with Gasteiger partial charge in [0.15, 0.2) is 0 Å². The Labute approximate surface area is 157 Å². The van der Waals surface area contributed by atoms with Crippen LogP contribution in [0, 0.1) is 17.3 Å². The van der Waals surface area contributed by atoms with E-state index >= 15 is 0 Å². The minimum atomic E-state index is -0.246. The van der Waals surface area contributed by atoms with Crippen molar-refractivity contribution in [3.63, 3.8) is 0 Å². The molecule has 26 heavy (non-hydrogen) atoms. The Morgan fingerprint density at radius 2 is 1.81 bits per heavy atom. The molecule has 2 aliphatic rings. The van der Waals surface area contributed by atoms with E-state index in [2.05, 4.69) is 39.8 Å². The van der Waals surface area contributed by atoms with Crippen molar-refractivity contribution in [1.82, 2.24) is 0 Å². The van der Waals surface area contributed by atoms with Gasteiger partial charge in [0.25, 0.3) is 0 Å². The third-order valence-corrected chi connectivity index (χ3v) is 6.00. The van der Waals surface area contributed by atoms with Gasteiger partial charge in [-0.15, -0.1) is 0 Å². The number of carbonyl (C=O) groups excluding carboxylic acids is 1. The highest BCUT2D eigenvalue weighted by Crippen LogP contribution is 2.62. The van der Waals surface area contributed by atoms with Crippen LogP contribution in [0.1, 0.15) is 57.3 Å². The van der Waals surface area contributed by atoms with E-state index in [1.807, 2.05) is 0 Å². The highest BCUT2D eigenvalue weighted by atomic mass is 16.5. The van der Waals surface area contributed by atoms with Gasteiger partial charge in [-0.25, -0.2) is 4.79 Å². The van der Waals surface area contributed by atoms with Gasteiger partial charge in [0.1, 0.15) is 11.9 Å². The molecule has 3 atom stereocenters. The molecule has 1 saturated carbocycles. The van der Waals surface area contributed by atoms with Gasteiger partial charge in [0.2, 0.25) is 0 Å². The summed E-state index contributed by atoms with van der Waals surface area (Å²) >= 11 is 0. The van der Waals surface area contributed by atoms with E-state index in [0.29, 0.717) is 17.4 Å². The molecule has 0 heterocycles. The Hall–Kier alpha value is -2.03. The first-order valence-electron chi connectivity index (χ1n) is 9.51. The van der Waals surface area contributed by atoms with Gasteiger partial charge in [-0.05, 0) is 62.3 Å². The number of hydrogen-bond donors (Lipinski definition) is 0. The molecule has 3 nitrogen and oxygen atoms in total. The molecule has 0 spiro atoms. The first-order valence-corrected chi connectivity index (χ1v) is 9.51. The molecule has 3 rings (SSSR count). The largest absolute Gasteiger partial charge is 0.497 e. The number of fused-ring (bicyclic) bond motifs is 1. The van der Waals surface area contributed by atoms with E-state index in [-0.39, 0.29) is 17.5 Å². The maximum atomic E-state index is 12.7. The van der Waals surface area contributed by atoms with Crippen LogP contribution in [0.5, 0.6) is 5.75 Å². The lowest BCUT2D eigenvalue weighted by atomic mass is 9.98. The molecule has 2 aliphatic carbocycles. The van der Waals surface area contributed by atoms with Gasteiger partial charge in [-0.1, -0.05) is 37.1 Å². The Balaban J connectivity index is 1.81. The second-order valence-electron chi connectivity index (χ2n) is 8.35. The summed E-state index contributed by atoms with van der Waals surface area (Å²) in [6.45, 7) is 8.95. The molecule has 1 aromatic carbocycles. The molecule has 0 bridgehead atoms. The monoisotopic (exact) mass is 354 g/mol.